The van der Waals surface area contributed by atoms with Crippen molar-refractivity contribution in [2.24, 2.45) is 0 Å². The summed E-state index contributed by atoms with van der Waals surface area (Å²) in [5, 5.41) is 0.905. The van der Waals surface area contributed by atoms with Gasteiger partial charge in [-0.25, -0.2) is 4.79 Å². The molecule has 0 radical (unpaired) electrons. The van der Waals surface area contributed by atoms with E-state index in [0.717, 1.165) is 27.8 Å². The molecule has 2 aromatic carbocycles. The normalized spacial score (nSPS) is 15.2. The molecule has 2 heterocycles. The number of ether oxygens (including phenoxy) is 1. The van der Waals surface area contributed by atoms with Crippen LogP contribution in [0.15, 0.2) is 63.8 Å². The molecule has 1 aliphatic rings. The first-order chi connectivity index (χ1) is 11.0. The zero-order valence-corrected chi connectivity index (χ0v) is 13.0. The quantitative estimate of drug-likeness (QED) is 0.615. The molecular weight excluding hydrogens is 288 g/mol. The van der Waals surface area contributed by atoms with Crippen molar-refractivity contribution in [2.45, 2.75) is 19.4 Å². The summed E-state index contributed by atoms with van der Waals surface area (Å²) in [5.74, 6) is 0.735. The van der Waals surface area contributed by atoms with Crippen LogP contribution in [0.1, 0.15) is 19.4 Å². The molecule has 0 aliphatic carbocycles. The average molecular weight is 304 g/mol. The molecule has 4 rings (SSSR count). The second kappa shape index (κ2) is 4.85. The summed E-state index contributed by atoms with van der Waals surface area (Å²) in [5.41, 5.74) is 2.67. The Hall–Kier alpha value is -2.81. The van der Waals surface area contributed by atoms with Crippen LogP contribution in [0.2, 0.25) is 0 Å². The lowest BCUT2D eigenvalue weighted by atomic mass is 9.97. The van der Waals surface area contributed by atoms with Crippen LogP contribution in [0.3, 0.4) is 0 Å². The van der Waals surface area contributed by atoms with Crippen molar-refractivity contribution in [3.05, 3.63) is 70.6 Å². The minimum atomic E-state index is -0.363. The van der Waals surface area contributed by atoms with Crippen LogP contribution in [0.4, 0.5) is 0 Å². The Bertz CT molecular complexity index is 979. The predicted octanol–water partition coefficient (Wildman–Crippen LogP) is 4.64. The molecule has 3 nitrogen and oxygen atoms in total. The van der Waals surface area contributed by atoms with Gasteiger partial charge in [0.1, 0.15) is 16.9 Å². The van der Waals surface area contributed by atoms with Gasteiger partial charge in [-0.1, -0.05) is 36.4 Å². The summed E-state index contributed by atoms with van der Waals surface area (Å²) in [6.45, 7) is 3.99. The fourth-order valence-corrected chi connectivity index (χ4v) is 2.89. The largest absolute Gasteiger partial charge is 0.483 e. The molecule has 0 fully saturated rings. The molecule has 3 aromatic rings. The van der Waals surface area contributed by atoms with Crippen LogP contribution in [0, 0.1) is 0 Å². The zero-order chi connectivity index (χ0) is 16.0. The fraction of sp³-hybridized carbons (Fsp3) is 0.150. The SMILES string of the molecule is CC1(C)C=Cc2cc3c(-c4ccccc4)cc(=O)oc3cc2O1. The molecule has 0 N–H and O–H groups in total. The van der Waals surface area contributed by atoms with Crippen molar-refractivity contribution >= 4 is 17.0 Å². The Morgan fingerprint density at radius 1 is 1.00 bits per heavy atom. The van der Waals surface area contributed by atoms with E-state index >= 15 is 0 Å². The second-order valence-corrected chi connectivity index (χ2v) is 6.27. The maximum Gasteiger partial charge on any atom is 0.336 e. The van der Waals surface area contributed by atoms with Crippen LogP contribution in [0.25, 0.3) is 28.2 Å². The van der Waals surface area contributed by atoms with Crippen LogP contribution in [-0.2, 0) is 0 Å². The van der Waals surface area contributed by atoms with Crippen molar-refractivity contribution in [1.29, 1.82) is 0 Å². The molecule has 1 aliphatic heterocycles. The first-order valence-electron chi connectivity index (χ1n) is 7.57. The molecule has 0 amide bonds. The fourth-order valence-electron chi connectivity index (χ4n) is 2.89. The van der Waals surface area contributed by atoms with Crippen LogP contribution in [0.5, 0.6) is 5.75 Å². The van der Waals surface area contributed by atoms with Gasteiger partial charge in [-0.2, -0.15) is 0 Å². The van der Waals surface area contributed by atoms with Crippen molar-refractivity contribution in [1.82, 2.24) is 0 Å². The minimum absolute atomic E-state index is 0.359. The van der Waals surface area contributed by atoms with Gasteiger partial charge in [0.25, 0.3) is 0 Å². The molecule has 0 spiro atoms. The lowest BCUT2D eigenvalue weighted by molar-refractivity contribution is 0.159. The van der Waals surface area contributed by atoms with E-state index in [2.05, 4.69) is 6.08 Å². The van der Waals surface area contributed by atoms with E-state index in [0.29, 0.717) is 5.58 Å². The Kier molecular flexibility index (Phi) is 2.91. The van der Waals surface area contributed by atoms with Gasteiger partial charge < -0.3 is 9.15 Å². The first kappa shape index (κ1) is 13.8. The third kappa shape index (κ3) is 2.44. The standard InChI is InChI=1S/C20H16O3/c1-20(2)9-8-14-10-16-15(13-6-4-3-5-7-13)11-19(21)22-18(16)12-17(14)23-20/h3-12H,1-2H3. The summed E-state index contributed by atoms with van der Waals surface area (Å²) >= 11 is 0. The minimum Gasteiger partial charge on any atom is -0.483 e. The van der Waals surface area contributed by atoms with Gasteiger partial charge in [0.15, 0.2) is 0 Å². The average Bonchev–Trinajstić information content (AvgIpc) is 2.52. The molecule has 23 heavy (non-hydrogen) atoms. The highest BCUT2D eigenvalue weighted by Crippen LogP contribution is 2.36. The lowest BCUT2D eigenvalue weighted by Crippen LogP contribution is -2.27. The molecule has 0 saturated carbocycles. The molecule has 0 saturated heterocycles. The van der Waals surface area contributed by atoms with Gasteiger partial charge >= 0.3 is 5.63 Å². The van der Waals surface area contributed by atoms with Crippen LogP contribution in [-0.4, -0.2) is 5.60 Å². The van der Waals surface area contributed by atoms with Crippen LogP contribution < -0.4 is 10.4 Å². The van der Waals surface area contributed by atoms with Gasteiger partial charge in [0, 0.05) is 23.1 Å². The molecular formula is C20H16O3. The van der Waals surface area contributed by atoms with E-state index in [1.807, 2.05) is 62.4 Å². The van der Waals surface area contributed by atoms with E-state index in [1.165, 1.54) is 0 Å². The van der Waals surface area contributed by atoms with Crippen LogP contribution >= 0.6 is 0 Å². The number of hydrogen-bond donors (Lipinski definition) is 0. The van der Waals surface area contributed by atoms with Crippen molar-refractivity contribution in [3.8, 4) is 16.9 Å². The monoisotopic (exact) mass is 304 g/mol. The van der Waals surface area contributed by atoms with E-state index < -0.39 is 0 Å². The van der Waals surface area contributed by atoms with Gasteiger partial charge in [-0.15, -0.1) is 0 Å². The maximum atomic E-state index is 12.0. The first-order valence-corrected chi connectivity index (χ1v) is 7.57. The van der Waals surface area contributed by atoms with E-state index in [1.54, 1.807) is 6.07 Å². The third-order valence-electron chi connectivity index (χ3n) is 4.00. The number of hydrogen-bond acceptors (Lipinski definition) is 3. The summed E-state index contributed by atoms with van der Waals surface area (Å²) in [6.07, 6.45) is 4.08. The van der Waals surface area contributed by atoms with E-state index in [9.17, 15) is 4.79 Å². The van der Waals surface area contributed by atoms with Gasteiger partial charge in [-0.05, 0) is 37.1 Å². The molecule has 114 valence electrons. The molecule has 0 atom stereocenters. The third-order valence-corrected chi connectivity index (χ3v) is 4.00. The van der Waals surface area contributed by atoms with Gasteiger partial charge in [0.2, 0.25) is 0 Å². The smallest absolute Gasteiger partial charge is 0.336 e. The topological polar surface area (TPSA) is 39.4 Å². The maximum absolute atomic E-state index is 12.0. The Balaban J connectivity index is 2.01. The van der Waals surface area contributed by atoms with E-state index in [-0.39, 0.29) is 11.2 Å². The zero-order valence-electron chi connectivity index (χ0n) is 13.0. The van der Waals surface area contributed by atoms with Crippen molar-refractivity contribution in [2.75, 3.05) is 0 Å². The highest BCUT2D eigenvalue weighted by molar-refractivity contribution is 5.95. The van der Waals surface area contributed by atoms with Crippen molar-refractivity contribution < 1.29 is 9.15 Å². The second-order valence-electron chi connectivity index (χ2n) is 6.27. The molecule has 0 bridgehead atoms. The summed E-state index contributed by atoms with van der Waals surface area (Å²) in [6, 6.07) is 15.2. The summed E-state index contributed by atoms with van der Waals surface area (Å²) in [4.78, 5) is 12.0. The Labute approximate surface area is 133 Å². The predicted molar refractivity (Wildman–Crippen MR) is 91.7 cm³/mol. The van der Waals surface area contributed by atoms with E-state index in [4.69, 9.17) is 9.15 Å². The molecule has 1 aromatic heterocycles. The Morgan fingerprint density at radius 2 is 1.78 bits per heavy atom. The number of benzene rings is 2. The molecule has 3 heteroatoms. The van der Waals surface area contributed by atoms with Crippen molar-refractivity contribution in [3.63, 3.8) is 0 Å². The Morgan fingerprint density at radius 3 is 2.57 bits per heavy atom. The lowest BCUT2D eigenvalue weighted by Gasteiger charge is -2.28. The highest BCUT2D eigenvalue weighted by Gasteiger charge is 2.23. The van der Waals surface area contributed by atoms with Gasteiger partial charge in [-0.3, -0.25) is 0 Å². The molecule has 0 unspecified atom stereocenters. The summed E-state index contributed by atoms with van der Waals surface area (Å²) < 4.78 is 11.4. The number of fused-ring (bicyclic) bond motifs is 2. The highest BCUT2D eigenvalue weighted by atomic mass is 16.5. The van der Waals surface area contributed by atoms with Gasteiger partial charge in [0.05, 0.1) is 0 Å². The summed E-state index contributed by atoms with van der Waals surface area (Å²) in [7, 11) is 0. The number of rotatable bonds is 1.